The zero-order chi connectivity index (χ0) is 22.3. The molecule has 0 amide bonds. The van der Waals surface area contributed by atoms with Crippen molar-refractivity contribution in [2.45, 2.75) is 63.0 Å². The van der Waals surface area contributed by atoms with Crippen molar-refractivity contribution in [2.24, 2.45) is 0 Å². The quantitative estimate of drug-likeness (QED) is 0.369. The van der Waals surface area contributed by atoms with E-state index >= 15 is 0 Å². The Balaban J connectivity index is 1.53. The predicted molar refractivity (Wildman–Crippen MR) is 115 cm³/mol. The molecule has 0 saturated heterocycles. The number of aldehydes is 1. The molecule has 0 atom stereocenters. The highest BCUT2D eigenvalue weighted by Crippen LogP contribution is 2.38. The van der Waals surface area contributed by atoms with Gasteiger partial charge in [0.1, 0.15) is 23.6 Å². The van der Waals surface area contributed by atoms with E-state index in [0.29, 0.717) is 40.3 Å². The molecule has 10 heteroatoms. The molecule has 3 heterocycles. The zero-order valence-corrected chi connectivity index (χ0v) is 17.3. The molecule has 5 rings (SSSR count). The van der Waals surface area contributed by atoms with Gasteiger partial charge in [0, 0.05) is 42.2 Å². The van der Waals surface area contributed by atoms with Crippen LogP contribution in [-0.4, -0.2) is 44.2 Å². The van der Waals surface area contributed by atoms with E-state index in [1.807, 2.05) is 0 Å². The number of pyridine rings is 1. The molecule has 3 aromatic heterocycles. The Morgan fingerprint density at radius 1 is 1.06 bits per heavy atom. The summed E-state index contributed by atoms with van der Waals surface area (Å²) in [7, 11) is 0. The second-order valence-electron chi connectivity index (χ2n) is 8.57. The van der Waals surface area contributed by atoms with Gasteiger partial charge >= 0.3 is 0 Å². The summed E-state index contributed by atoms with van der Waals surface area (Å²) in [5, 5.41) is 7.13. The number of H-pyrrole nitrogens is 1. The molecule has 0 bridgehead atoms. The Morgan fingerprint density at radius 3 is 2.50 bits per heavy atom. The molecule has 2 aliphatic carbocycles. The van der Waals surface area contributed by atoms with Crippen LogP contribution in [-0.2, 0) is 0 Å². The fourth-order valence-corrected chi connectivity index (χ4v) is 4.36. The first-order valence-electron chi connectivity index (χ1n) is 10.8. The molecular formula is C22H23F3N6O. The van der Waals surface area contributed by atoms with Crippen LogP contribution < -0.4 is 10.6 Å². The van der Waals surface area contributed by atoms with Gasteiger partial charge in [0.2, 0.25) is 11.9 Å². The number of carbonyl (C=O) groups is 1. The number of halogens is 3. The van der Waals surface area contributed by atoms with Crippen molar-refractivity contribution in [3.8, 4) is 11.1 Å². The summed E-state index contributed by atoms with van der Waals surface area (Å²) in [5.41, 5.74) is 1.30. The lowest BCUT2D eigenvalue weighted by atomic mass is 9.92. The van der Waals surface area contributed by atoms with Crippen molar-refractivity contribution in [1.29, 1.82) is 0 Å². The van der Waals surface area contributed by atoms with Gasteiger partial charge in [-0.2, -0.15) is 4.39 Å². The fourth-order valence-electron chi connectivity index (χ4n) is 4.36. The topological polar surface area (TPSA) is 95.6 Å². The number of aromatic nitrogens is 4. The van der Waals surface area contributed by atoms with Gasteiger partial charge in [0.25, 0.3) is 0 Å². The molecule has 2 fully saturated rings. The molecule has 0 aliphatic heterocycles. The first-order chi connectivity index (χ1) is 15.4. The molecule has 3 aromatic rings. The van der Waals surface area contributed by atoms with Gasteiger partial charge in [0.15, 0.2) is 6.29 Å². The van der Waals surface area contributed by atoms with E-state index in [9.17, 15) is 18.0 Å². The zero-order valence-electron chi connectivity index (χ0n) is 17.3. The van der Waals surface area contributed by atoms with Crippen LogP contribution >= 0.6 is 0 Å². The van der Waals surface area contributed by atoms with Gasteiger partial charge < -0.3 is 15.6 Å². The molecule has 0 spiro atoms. The number of nitrogens with zero attached hydrogens (tertiary/aromatic N) is 3. The third-order valence-corrected chi connectivity index (χ3v) is 6.41. The Hall–Kier alpha value is -3.17. The molecule has 168 valence electrons. The van der Waals surface area contributed by atoms with Crippen LogP contribution in [0.4, 0.5) is 24.8 Å². The summed E-state index contributed by atoms with van der Waals surface area (Å²) in [6.07, 6.45) is 6.87. The minimum absolute atomic E-state index is 0.176. The monoisotopic (exact) mass is 444 g/mol. The highest BCUT2D eigenvalue weighted by atomic mass is 19.3. The fraction of sp³-hybridized carbons (Fsp3) is 0.455. The number of hydrogen-bond acceptors (Lipinski definition) is 6. The van der Waals surface area contributed by atoms with E-state index in [0.717, 1.165) is 19.3 Å². The standard InChI is InChI=1S/C22H23F3N6O/c23-19-16(10-32)14(8-17(31-19)29-13-4-6-22(24,25)7-5-13)15-9-26-20-18(15)21(28-11-27-20)30-12-2-1-3-12/h8-13H,1-7H2,(H,29,31)(H2,26,27,28,30). The third-order valence-electron chi connectivity index (χ3n) is 6.41. The van der Waals surface area contributed by atoms with Crippen LogP contribution in [0.3, 0.4) is 0 Å². The van der Waals surface area contributed by atoms with E-state index < -0.39 is 11.9 Å². The van der Waals surface area contributed by atoms with Gasteiger partial charge in [-0.25, -0.2) is 23.7 Å². The number of nitrogens with one attached hydrogen (secondary N) is 3. The van der Waals surface area contributed by atoms with Crippen molar-refractivity contribution in [3.63, 3.8) is 0 Å². The maximum atomic E-state index is 14.8. The van der Waals surface area contributed by atoms with Crippen LogP contribution in [0, 0.1) is 5.95 Å². The number of carbonyl (C=O) groups excluding carboxylic acids is 1. The Kier molecular flexibility index (Phi) is 5.22. The number of anilines is 2. The lowest BCUT2D eigenvalue weighted by molar-refractivity contribution is -0.0361. The van der Waals surface area contributed by atoms with E-state index in [2.05, 4.69) is 30.6 Å². The predicted octanol–water partition coefficient (Wildman–Crippen LogP) is 4.93. The molecule has 0 unspecified atom stereocenters. The average molecular weight is 444 g/mol. The van der Waals surface area contributed by atoms with Crippen molar-refractivity contribution < 1.29 is 18.0 Å². The maximum Gasteiger partial charge on any atom is 0.248 e. The second kappa shape index (κ2) is 8.07. The van der Waals surface area contributed by atoms with Crippen molar-refractivity contribution in [1.82, 2.24) is 19.9 Å². The number of rotatable bonds is 6. The molecular weight excluding hydrogens is 421 g/mol. The van der Waals surface area contributed by atoms with Gasteiger partial charge in [-0.1, -0.05) is 0 Å². The molecule has 3 N–H and O–H groups in total. The van der Waals surface area contributed by atoms with Crippen molar-refractivity contribution >= 4 is 29.0 Å². The van der Waals surface area contributed by atoms with Crippen LogP contribution in [0.15, 0.2) is 18.6 Å². The van der Waals surface area contributed by atoms with E-state index in [4.69, 9.17) is 0 Å². The molecule has 2 aliphatic rings. The molecule has 0 radical (unpaired) electrons. The van der Waals surface area contributed by atoms with E-state index in [1.54, 1.807) is 12.3 Å². The van der Waals surface area contributed by atoms with Crippen LogP contribution in [0.2, 0.25) is 0 Å². The number of alkyl halides is 2. The summed E-state index contributed by atoms with van der Waals surface area (Å²) >= 11 is 0. The second-order valence-corrected chi connectivity index (χ2v) is 8.57. The lowest BCUT2D eigenvalue weighted by Crippen LogP contribution is -2.32. The van der Waals surface area contributed by atoms with Gasteiger partial charge in [-0.3, -0.25) is 4.79 Å². The van der Waals surface area contributed by atoms with Crippen LogP contribution in [0.1, 0.15) is 55.3 Å². The normalized spacial score (nSPS) is 19.0. The van der Waals surface area contributed by atoms with Gasteiger partial charge in [-0.05, 0) is 38.2 Å². The SMILES string of the molecule is O=Cc1c(-c2c[nH]c3ncnc(NC4CCC4)c23)cc(NC2CCC(F)(F)CC2)nc1F. The summed E-state index contributed by atoms with van der Waals surface area (Å²) in [5.74, 6) is -2.75. The smallest absolute Gasteiger partial charge is 0.248 e. The van der Waals surface area contributed by atoms with Crippen LogP contribution in [0.5, 0.6) is 0 Å². The number of fused-ring (bicyclic) bond motifs is 1. The minimum Gasteiger partial charge on any atom is -0.367 e. The minimum atomic E-state index is -2.66. The first kappa shape index (κ1) is 20.7. The largest absolute Gasteiger partial charge is 0.367 e. The first-order valence-corrected chi connectivity index (χ1v) is 10.8. The highest BCUT2D eigenvalue weighted by molar-refractivity contribution is 6.04. The Labute approximate surface area is 182 Å². The Bertz CT molecular complexity index is 1150. The van der Waals surface area contributed by atoms with Crippen molar-refractivity contribution in [2.75, 3.05) is 10.6 Å². The lowest BCUT2D eigenvalue weighted by Gasteiger charge is -2.29. The average Bonchev–Trinajstić information content (AvgIpc) is 3.17. The summed E-state index contributed by atoms with van der Waals surface area (Å²) in [6.45, 7) is 0. The van der Waals surface area contributed by atoms with E-state index in [1.165, 1.54) is 6.33 Å². The van der Waals surface area contributed by atoms with Gasteiger partial charge in [-0.15, -0.1) is 0 Å². The molecule has 0 aromatic carbocycles. The maximum absolute atomic E-state index is 14.8. The molecule has 2 saturated carbocycles. The molecule has 7 nitrogen and oxygen atoms in total. The number of hydrogen-bond donors (Lipinski definition) is 3. The Morgan fingerprint density at radius 2 is 1.81 bits per heavy atom. The number of aromatic amines is 1. The van der Waals surface area contributed by atoms with Gasteiger partial charge in [0.05, 0.1) is 10.9 Å². The molecule has 32 heavy (non-hydrogen) atoms. The van der Waals surface area contributed by atoms with E-state index in [-0.39, 0.29) is 43.1 Å². The summed E-state index contributed by atoms with van der Waals surface area (Å²) < 4.78 is 41.7. The summed E-state index contributed by atoms with van der Waals surface area (Å²) in [6, 6.07) is 1.67. The van der Waals surface area contributed by atoms with Crippen molar-refractivity contribution in [3.05, 3.63) is 30.1 Å². The summed E-state index contributed by atoms with van der Waals surface area (Å²) in [4.78, 5) is 27.3. The van der Waals surface area contributed by atoms with Crippen LogP contribution in [0.25, 0.3) is 22.2 Å². The third kappa shape index (κ3) is 3.89. The highest BCUT2D eigenvalue weighted by Gasteiger charge is 2.35.